The number of ketones is 1. The van der Waals surface area contributed by atoms with Gasteiger partial charge < -0.3 is 15.2 Å². The second-order valence-electron chi connectivity index (χ2n) is 3.31. The van der Waals surface area contributed by atoms with E-state index in [9.17, 15) is 14.7 Å². The Hall–Kier alpha value is -2.04. The molecule has 0 atom stereocenters. The van der Waals surface area contributed by atoms with Crippen molar-refractivity contribution in [1.82, 2.24) is 0 Å². The second-order valence-corrected chi connectivity index (χ2v) is 3.31. The Balaban J connectivity index is 3.29. The maximum Gasteiger partial charge on any atom is 0.221 e. The van der Waals surface area contributed by atoms with Crippen molar-refractivity contribution in [3.05, 3.63) is 17.7 Å². The minimum absolute atomic E-state index is 0.149. The Morgan fingerprint density at radius 2 is 1.94 bits per heavy atom. The van der Waals surface area contributed by atoms with E-state index in [0.29, 0.717) is 5.56 Å². The summed E-state index contributed by atoms with van der Waals surface area (Å²) in [6.07, 6.45) is 0. The molecule has 1 rings (SSSR count). The minimum Gasteiger partial charge on any atom is -0.503 e. The number of nitrogens with one attached hydrogen (secondary N) is 1. The van der Waals surface area contributed by atoms with Gasteiger partial charge in [-0.15, -0.1) is 0 Å². The predicted octanol–water partition coefficient (Wildman–Crippen LogP) is 1.56. The number of hydrogen-bond acceptors (Lipinski definition) is 4. The van der Waals surface area contributed by atoms with E-state index in [4.69, 9.17) is 4.74 Å². The number of aromatic hydroxyl groups is 1. The molecule has 0 aromatic heterocycles. The highest BCUT2D eigenvalue weighted by atomic mass is 16.5. The predicted molar refractivity (Wildman–Crippen MR) is 59.0 cm³/mol. The molecule has 0 heterocycles. The normalized spacial score (nSPS) is 9.69. The molecule has 5 heteroatoms. The number of carbonyl (C=O) groups excluding carboxylic acids is 2. The van der Waals surface area contributed by atoms with Crippen molar-refractivity contribution in [1.29, 1.82) is 0 Å². The van der Waals surface area contributed by atoms with Crippen molar-refractivity contribution >= 4 is 17.4 Å². The number of methoxy groups -OCH3 is 1. The average molecular weight is 223 g/mol. The van der Waals surface area contributed by atoms with Crippen LogP contribution in [0.3, 0.4) is 0 Å². The van der Waals surface area contributed by atoms with Gasteiger partial charge >= 0.3 is 0 Å². The molecule has 0 radical (unpaired) electrons. The zero-order chi connectivity index (χ0) is 12.3. The molecule has 1 amide bonds. The van der Waals surface area contributed by atoms with Crippen molar-refractivity contribution < 1.29 is 19.4 Å². The van der Waals surface area contributed by atoms with E-state index in [1.807, 2.05) is 0 Å². The van der Waals surface area contributed by atoms with Crippen LogP contribution in [0.1, 0.15) is 24.2 Å². The molecular weight excluding hydrogens is 210 g/mol. The number of hydrogen-bond donors (Lipinski definition) is 2. The molecule has 1 aromatic rings. The first-order chi connectivity index (χ1) is 7.45. The summed E-state index contributed by atoms with van der Waals surface area (Å²) < 4.78 is 4.90. The van der Waals surface area contributed by atoms with Crippen LogP contribution < -0.4 is 10.1 Å². The van der Waals surface area contributed by atoms with Gasteiger partial charge in [-0.05, 0) is 19.1 Å². The fraction of sp³-hybridized carbons (Fsp3) is 0.273. The van der Waals surface area contributed by atoms with Gasteiger partial charge in [-0.2, -0.15) is 0 Å². The van der Waals surface area contributed by atoms with Gasteiger partial charge in [0, 0.05) is 12.5 Å². The molecule has 16 heavy (non-hydrogen) atoms. The third-order valence-electron chi connectivity index (χ3n) is 2.01. The molecule has 0 aliphatic rings. The van der Waals surface area contributed by atoms with Gasteiger partial charge in [0.2, 0.25) is 5.91 Å². The highest BCUT2D eigenvalue weighted by Gasteiger charge is 2.13. The smallest absolute Gasteiger partial charge is 0.221 e. The van der Waals surface area contributed by atoms with Crippen LogP contribution in [0.2, 0.25) is 0 Å². The summed E-state index contributed by atoms with van der Waals surface area (Å²) in [5, 5.41) is 12.1. The van der Waals surface area contributed by atoms with E-state index < -0.39 is 0 Å². The number of benzene rings is 1. The molecule has 5 nitrogen and oxygen atoms in total. The lowest BCUT2D eigenvalue weighted by Crippen LogP contribution is -2.07. The number of phenolic OH excluding ortho intramolecular Hbond substituents is 1. The highest BCUT2D eigenvalue weighted by molar-refractivity contribution is 5.98. The van der Waals surface area contributed by atoms with Crippen molar-refractivity contribution in [2.24, 2.45) is 0 Å². The SMILES string of the molecule is COc1cc(C(C)=O)cc(NC(C)=O)c1O. The molecule has 0 aliphatic heterocycles. The summed E-state index contributed by atoms with van der Waals surface area (Å²) in [7, 11) is 1.37. The molecule has 0 aliphatic carbocycles. The van der Waals surface area contributed by atoms with Crippen LogP contribution >= 0.6 is 0 Å². The molecule has 0 saturated carbocycles. The van der Waals surface area contributed by atoms with E-state index in [1.165, 1.54) is 33.1 Å². The zero-order valence-electron chi connectivity index (χ0n) is 9.33. The lowest BCUT2D eigenvalue weighted by Gasteiger charge is -2.11. The van der Waals surface area contributed by atoms with E-state index in [2.05, 4.69) is 5.32 Å². The first-order valence-electron chi connectivity index (χ1n) is 4.65. The Morgan fingerprint density at radius 3 is 2.38 bits per heavy atom. The molecule has 0 unspecified atom stereocenters. The number of Topliss-reactive ketones (excluding diaryl/α,β-unsaturated/α-hetero) is 1. The average Bonchev–Trinajstić information content (AvgIpc) is 2.20. The second kappa shape index (κ2) is 4.65. The van der Waals surface area contributed by atoms with E-state index >= 15 is 0 Å². The molecule has 0 spiro atoms. The van der Waals surface area contributed by atoms with Gasteiger partial charge in [-0.1, -0.05) is 0 Å². The molecular formula is C11H13NO4. The number of anilines is 1. The van der Waals surface area contributed by atoms with Gasteiger partial charge in [0.15, 0.2) is 17.3 Å². The highest BCUT2D eigenvalue weighted by Crippen LogP contribution is 2.35. The molecule has 0 bridgehead atoms. The van der Waals surface area contributed by atoms with E-state index in [-0.39, 0.29) is 28.9 Å². The Kier molecular flexibility index (Phi) is 3.50. The molecule has 0 saturated heterocycles. The van der Waals surface area contributed by atoms with Crippen LogP contribution in [-0.2, 0) is 4.79 Å². The lowest BCUT2D eigenvalue weighted by molar-refractivity contribution is -0.114. The first kappa shape index (κ1) is 12.0. The van der Waals surface area contributed by atoms with Gasteiger partial charge in [-0.25, -0.2) is 0 Å². The Morgan fingerprint density at radius 1 is 1.31 bits per heavy atom. The molecule has 1 aromatic carbocycles. The number of carbonyl (C=O) groups is 2. The van der Waals surface area contributed by atoms with Gasteiger partial charge in [-0.3, -0.25) is 9.59 Å². The summed E-state index contributed by atoms with van der Waals surface area (Å²) >= 11 is 0. The van der Waals surface area contributed by atoms with Crippen LogP contribution in [0.4, 0.5) is 5.69 Å². The van der Waals surface area contributed by atoms with Crippen molar-refractivity contribution in [2.75, 3.05) is 12.4 Å². The topological polar surface area (TPSA) is 75.6 Å². The fourth-order valence-corrected chi connectivity index (χ4v) is 1.25. The molecule has 2 N–H and O–H groups in total. The summed E-state index contributed by atoms with van der Waals surface area (Å²) in [5.41, 5.74) is 0.524. The number of rotatable bonds is 3. The van der Waals surface area contributed by atoms with Gasteiger partial charge in [0.05, 0.1) is 12.8 Å². The Labute approximate surface area is 93.0 Å². The van der Waals surface area contributed by atoms with Crippen LogP contribution in [-0.4, -0.2) is 23.9 Å². The van der Waals surface area contributed by atoms with Gasteiger partial charge in [0.1, 0.15) is 0 Å². The van der Waals surface area contributed by atoms with Gasteiger partial charge in [0.25, 0.3) is 0 Å². The van der Waals surface area contributed by atoms with Crippen LogP contribution in [0.5, 0.6) is 11.5 Å². The van der Waals surface area contributed by atoms with Crippen molar-refractivity contribution in [2.45, 2.75) is 13.8 Å². The zero-order valence-corrected chi connectivity index (χ0v) is 9.33. The fourth-order valence-electron chi connectivity index (χ4n) is 1.25. The van der Waals surface area contributed by atoms with E-state index in [1.54, 1.807) is 0 Å². The molecule has 86 valence electrons. The standard InChI is InChI=1S/C11H13NO4/c1-6(13)8-4-9(12-7(2)14)11(15)10(5-8)16-3/h4-5,15H,1-3H3,(H,12,14). The number of phenols is 1. The van der Waals surface area contributed by atoms with Crippen molar-refractivity contribution in [3.8, 4) is 11.5 Å². The Bertz CT molecular complexity index is 440. The number of amides is 1. The van der Waals surface area contributed by atoms with Crippen LogP contribution in [0.15, 0.2) is 12.1 Å². The summed E-state index contributed by atoms with van der Waals surface area (Å²) in [6.45, 7) is 2.70. The summed E-state index contributed by atoms with van der Waals surface area (Å²) in [4.78, 5) is 22.1. The van der Waals surface area contributed by atoms with Crippen molar-refractivity contribution in [3.63, 3.8) is 0 Å². The first-order valence-corrected chi connectivity index (χ1v) is 4.65. The minimum atomic E-state index is -0.335. The number of ether oxygens (including phenoxy) is 1. The summed E-state index contributed by atoms with van der Waals surface area (Å²) in [6, 6.07) is 2.82. The molecule has 0 fully saturated rings. The quantitative estimate of drug-likeness (QED) is 0.602. The largest absolute Gasteiger partial charge is 0.503 e. The monoisotopic (exact) mass is 223 g/mol. The third-order valence-corrected chi connectivity index (χ3v) is 2.01. The van der Waals surface area contributed by atoms with E-state index in [0.717, 1.165) is 0 Å². The maximum absolute atomic E-state index is 11.2. The maximum atomic E-state index is 11.2. The van der Waals surface area contributed by atoms with Crippen LogP contribution in [0, 0.1) is 0 Å². The van der Waals surface area contributed by atoms with Crippen LogP contribution in [0.25, 0.3) is 0 Å². The lowest BCUT2D eigenvalue weighted by atomic mass is 10.1. The summed E-state index contributed by atoms with van der Waals surface area (Å²) in [5.74, 6) is -0.554. The third kappa shape index (κ3) is 2.50.